The Kier molecular flexibility index (Phi) is 3.14. The van der Waals surface area contributed by atoms with Crippen molar-refractivity contribution in [1.29, 1.82) is 0 Å². The highest BCUT2D eigenvalue weighted by Crippen LogP contribution is 2.32. The number of hydrogen-bond donors (Lipinski definition) is 0. The number of carbonyl (C=O) groups is 1. The molecule has 0 radical (unpaired) electrons. The van der Waals surface area contributed by atoms with Crippen LogP contribution in [0.15, 0.2) is 4.52 Å². The van der Waals surface area contributed by atoms with Gasteiger partial charge in [0.2, 0.25) is 5.89 Å². The van der Waals surface area contributed by atoms with Gasteiger partial charge >= 0.3 is 0 Å². The largest absolute Gasteiger partial charge is 0.339 e. The van der Waals surface area contributed by atoms with E-state index in [1.165, 1.54) is 12.8 Å². The number of rotatable bonds is 4. The van der Waals surface area contributed by atoms with E-state index in [9.17, 15) is 4.79 Å². The molecule has 1 heterocycles. The van der Waals surface area contributed by atoms with Gasteiger partial charge in [-0.25, -0.2) is 0 Å². The zero-order chi connectivity index (χ0) is 10.7. The molecule has 0 atom stereocenters. The first-order chi connectivity index (χ1) is 7.29. The summed E-state index contributed by atoms with van der Waals surface area (Å²) in [7, 11) is 0. The molecule has 15 heavy (non-hydrogen) atoms. The first-order valence-corrected chi connectivity index (χ1v) is 5.63. The third-order valence-corrected chi connectivity index (χ3v) is 2.95. The Morgan fingerprint density at radius 1 is 1.47 bits per heavy atom. The summed E-state index contributed by atoms with van der Waals surface area (Å²) in [5, 5.41) is 3.95. The van der Waals surface area contributed by atoms with E-state index in [1.807, 2.05) is 6.92 Å². The summed E-state index contributed by atoms with van der Waals surface area (Å²) >= 11 is 0. The summed E-state index contributed by atoms with van der Waals surface area (Å²) in [5.41, 5.74) is 0. The SMILES string of the molecule is CCC(=O)Cc1nc(C2CCCC2)no1. The van der Waals surface area contributed by atoms with Crippen LogP contribution in [0.1, 0.15) is 56.7 Å². The molecule has 1 aliphatic carbocycles. The molecule has 4 heteroatoms. The van der Waals surface area contributed by atoms with Crippen molar-refractivity contribution in [3.05, 3.63) is 11.7 Å². The van der Waals surface area contributed by atoms with E-state index >= 15 is 0 Å². The summed E-state index contributed by atoms with van der Waals surface area (Å²) in [5.74, 6) is 1.88. The lowest BCUT2D eigenvalue weighted by Gasteiger charge is -1.99. The lowest BCUT2D eigenvalue weighted by atomic mass is 10.1. The Bertz CT molecular complexity index is 340. The Morgan fingerprint density at radius 3 is 2.87 bits per heavy atom. The maximum absolute atomic E-state index is 11.2. The van der Waals surface area contributed by atoms with Gasteiger partial charge in [-0.1, -0.05) is 24.9 Å². The van der Waals surface area contributed by atoms with Crippen LogP contribution < -0.4 is 0 Å². The third kappa shape index (κ3) is 2.43. The number of hydrogen-bond acceptors (Lipinski definition) is 4. The van der Waals surface area contributed by atoms with Crippen molar-refractivity contribution in [2.45, 2.75) is 51.4 Å². The topological polar surface area (TPSA) is 56.0 Å². The Balaban J connectivity index is 2.00. The van der Waals surface area contributed by atoms with Gasteiger partial charge in [-0.15, -0.1) is 0 Å². The van der Waals surface area contributed by atoms with Gasteiger partial charge in [0.25, 0.3) is 0 Å². The maximum Gasteiger partial charge on any atom is 0.234 e. The zero-order valence-electron chi connectivity index (χ0n) is 9.03. The number of Topliss-reactive ketones (excluding diaryl/α,β-unsaturated/α-hetero) is 1. The van der Waals surface area contributed by atoms with Crippen LogP contribution in [-0.2, 0) is 11.2 Å². The van der Waals surface area contributed by atoms with Gasteiger partial charge in [-0.2, -0.15) is 4.98 Å². The number of aromatic nitrogens is 2. The standard InChI is InChI=1S/C11H16N2O2/c1-2-9(14)7-10-12-11(13-15-10)8-5-3-4-6-8/h8H,2-7H2,1H3. The molecule has 0 amide bonds. The molecule has 0 bridgehead atoms. The molecule has 0 aromatic carbocycles. The molecule has 2 rings (SSSR count). The fourth-order valence-electron chi connectivity index (χ4n) is 1.98. The third-order valence-electron chi connectivity index (χ3n) is 2.95. The molecule has 1 aromatic rings. The first-order valence-electron chi connectivity index (χ1n) is 5.63. The average molecular weight is 208 g/mol. The minimum absolute atomic E-state index is 0.150. The highest BCUT2D eigenvalue weighted by atomic mass is 16.5. The molecular formula is C11H16N2O2. The van der Waals surface area contributed by atoms with Crippen molar-refractivity contribution in [1.82, 2.24) is 10.1 Å². The quantitative estimate of drug-likeness (QED) is 0.761. The number of carbonyl (C=O) groups excluding carboxylic acids is 1. The van der Waals surface area contributed by atoms with Gasteiger partial charge in [0.15, 0.2) is 5.82 Å². The molecule has 82 valence electrons. The average Bonchev–Trinajstić information content (AvgIpc) is 2.85. The zero-order valence-corrected chi connectivity index (χ0v) is 9.03. The molecule has 0 unspecified atom stereocenters. The lowest BCUT2D eigenvalue weighted by Crippen LogP contribution is -2.01. The van der Waals surface area contributed by atoms with Gasteiger partial charge in [-0.3, -0.25) is 4.79 Å². The molecule has 4 nitrogen and oxygen atoms in total. The molecular weight excluding hydrogens is 192 g/mol. The minimum Gasteiger partial charge on any atom is -0.339 e. The van der Waals surface area contributed by atoms with E-state index < -0.39 is 0 Å². The Hall–Kier alpha value is -1.19. The van der Waals surface area contributed by atoms with Crippen LogP contribution in [0.25, 0.3) is 0 Å². The molecule has 1 aromatic heterocycles. The second kappa shape index (κ2) is 4.55. The number of ketones is 1. The van der Waals surface area contributed by atoms with Gasteiger partial charge < -0.3 is 4.52 Å². The Morgan fingerprint density at radius 2 is 2.20 bits per heavy atom. The van der Waals surface area contributed by atoms with Crippen LogP contribution >= 0.6 is 0 Å². The summed E-state index contributed by atoms with van der Waals surface area (Å²) in [4.78, 5) is 15.5. The first kappa shape index (κ1) is 10.3. The fraction of sp³-hybridized carbons (Fsp3) is 0.727. The van der Waals surface area contributed by atoms with Gasteiger partial charge in [0.05, 0.1) is 6.42 Å². The summed E-state index contributed by atoms with van der Waals surface area (Å²) in [6.07, 6.45) is 5.63. The van der Waals surface area contributed by atoms with Gasteiger partial charge in [0, 0.05) is 12.3 Å². The van der Waals surface area contributed by atoms with Crippen LogP contribution in [0.2, 0.25) is 0 Å². The van der Waals surface area contributed by atoms with E-state index in [-0.39, 0.29) is 12.2 Å². The van der Waals surface area contributed by atoms with Gasteiger partial charge in [-0.05, 0) is 12.8 Å². The van der Waals surface area contributed by atoms with Crippen molar-refractivity contribution in [2.24, 2.45) is 0 Å². The lowest BCUT2D eigenvalue weighted by molar-refractivity contribution is -0.118. The van der Waals surface area contributed by atoms with E-state index in [1.54, 1.807) is 0 Å². The van der Waals surface area contributed by atoms with Crippen molar-refractivity contribution in [3.63, 3.8) is 0 Å². The van der Waals surface area contributed by atoms with Crippen molar-refractivity contribution >= 4 is 5.78 Å². The van der Waals surface area contributed by atoms with E-state index in [2.05, 4.69) is 10.1 Å². The van der Waals surface area contributed by atoms with E-state index in [4.69, 9.17) is 4.52 Å². The minimum atomic E-state index is 0.150. The molecule has 1 saturated carbocycles. The highest BCUT2D eigenvalue weighted by molar-refractivity contribution is 5.79. The molecule has 1 fully saturated rings. The normalized spacial score (nSPS) is 17.1. The fourth-order valence-corrected chi connectivity index (χ4v) is 1.98. The van der Waals surface area contributed by atoms with Crippen LogP contribution in [0.4, 0.5) is 0 Å². The maximum atomic E-state index is 11.2. The van der Waals surface area contributed by atoms with Crippen LogP contribution in [-0.4, -0.2) is 15.9 Å². The smallest absolute Gasteiger partial charge is 0.234 e. The van der Waals surface area contributed by atoms with Gasteiger partial charge in [0.1, 0.15) is 5.78 Å². The number of nitrogens with zero attached hydrogens (tertiary/aromatic N) is 2. The van der Waals surface area contributed by atoms with E-state index in [0.717, 1.165) is 18.7 Å². The second-order valence-corrected chi connectivity index (χ2v) is 4.10. The second-order valence-electron chi connectivity index (χ2n) is 4.10. The molecule has 0 aliphatic heterocycles. The molecule has 0 saturated heterocycles. The summed E-state index contributed by atoms with van der Waals surface area (Å²) in [6, 6.07) is 0. The monoisotopic (exact) mass is 208 g/mol. The predicted octanol–water partition coefficient (Wildman–Crippen LogP) is 2.25. The van der Waals surface area contributed by atoms with Crippen molar-refractivity contribution in [3.8, 4) is 0 Å². The molecule has 1 aliphatic rings. The summed E-state index contributed by atoms with van der Waals surface area (Å²) < 4.78 is 5.07. The van der Waals surface area contributed by atoms with Crippen molar-refractivity contribution < 1.29 is 9.32 Å². The summed E-state index contributed by atoms with van der Waals surface area (Å²) in [6.45, 7) is 1.84. The predicted molar refractivity (Wildman–Crippen MR) is 54.5 cm³/mol. The van der Waals surface area contributed by atoms with E-state index in [0.29, 0.717) is 18.2 Å². The molecule has 0 N–H and O–H groups in total. The van der Waals surface area contributed by atoms with Crippen LogP contribution in [0.5, 0.6) is 0 Å². The van der Waals surface area contributed by atoms with Crippen molar-refractivity contribution in [2.75, 3.05) is 0 Å². The highest BCUT2D eigenvalue weighted by Gasteiger charge is 2.22. The molecule has 0 spiro atoms. The van der Waals surface area contributed by atoms with Crippen LogP contribution in [0, 0.1) is 0 Å². The van der Waals surface area contributed by atoms with Crippen LogP contribution in [0.3, 0.4) is 0 Å². The Labute approximate surface area is 89.1 Å².